The molecule has 0 aromatic carbocycles. The van der Waals surface area contributed by atoms with Crippen molar-refractivity contribution in [3.63, 3.8) is 0 Å². The number of halogens is 2. The molecule has 0 radical (unpaired) electrons. The number of hydrogen-bond acceptors (Lipinski definition) is 5. The van der Waals surface area contributed by atoms with Crippen LogP contribution in [0, 0.1) is 10.1 Å². The zero-order valence-electron chi connectivity index (χ0n) is 7.45. The van der Waals surface area contributed by atoms with Crippen LogP contribution in [0.2, 0.25) is 0 Å². The van der Waals surface area contributed by atoms with Crippen LogP contribution in [0.4, 0.5) is 0 Å². The molecule has 1 unspecified atom stereocenters. The van der Waals surface area contributed by atoms with Crippen molar-refractivity contribution < 1.29 is 4.92 Å². The van der Waals surface area contributed by atoms with Gasteiger partial charge in [0.1, 0.15) is 3.92 Å². The third-order valence-electron chi connectivity index (χ3n) is 2.16. The van der Waals surface area contributed by atoms with Crippen LogP contribution in [-0.2, 0) is 0 Å². The lowest BCUT2D eigenvalue weighted by molar-refractivity contribution is -0.425. The fourth-order valence-corrected chi connectivity index (χ4v) is 3.66. The average Bonchev–Trinajstić information content (AvgIpc) is 2.62. The molecule has 15 heavy (non-hydrogen) atoms. The van der Waals surface area contributed by atoms with E-state index in [1.165, 1.54) is 0 Å². The maximum Gasteiger partial charge on any atom is 0.269 e. The fraction of sp³-hybridized carbons (Fsp3) is 0.286. The van der Waals surface area contributed by atoms with E-state index in [9.17, 15) is 10.1 Å². The normalized spacial score (nSPS) is 25.0. The Bertz CT molecular complexity index is 446. The van der Waals surface area contributed by atoms with Crippen LogP contribution in [-0.4, -0.2) is 14.6 Å². The summed E-state index contributed by atoms with van der Waals surface area (Å²) in [6.07, 6.45) is 0. The lowest BCUT2D eigenvalue weighted by Crippen LogP contribution is -2.29. The molecule has 1 aliphatic carbocycles. The zero-order valence-corrected chi connectivity index (χ0v) is 11.2. The maximum absolute atomic E-state index is 10.9. The first-order valence-corrected chi connectivity index (χ1v) is 6.33. The van der Waals surface area contributed by atoms with E-state index in [0.717, 1.165) is 12.1 Å². The second kappa shape index (κ2) is 3.95. The number of nitrogens with zero attached hydrogens (tertiary/aromatic N) is 2. The Hall–Kier alpha value is -0.280. The number of allylic oxidation sites excluding steroid dienone is 4. The van der Waals surface area contributed by atoms with Crippen LogP contribution in [0.15, 0.2) is 26.4 Å². The lowest BCUT2D eigenvalue weighted by atomic mass is 10.0. The second-order valence-electron chi connectivity index (χ2n) is 2.99. The molecule has 1 aliphatic heterocycles. The van der Waals surface area contributed by atoms with Gasteiger partial charge >= 0.3 is 0 Å². The highest BCUT2D eigenvalue weighted by atomic mass is 127. The standard InChI is InChI=1S/C7H5ClIN3O2S/c1-2-3(8)5-6(11-15-10-5)4(9)7(2)12(13)14/h4,10H,1H3. The topological polar surface area (TPSA) is 67.5 Å². The van der Waals surface area contributed by atoms with Crippen LogP contribution in [0.1, 0.15) is 6.92 Å². The van der Waals surface area contributed by atoms with Crippen molar-refractivity contribution in [3.8, 4) is 0 Å². The first-order valence-electron chi connectivity index (χ1n) is 3.93. The molecule has 0 spiro atoms. The van der Waals surface area contributed by atoms with Gasteiger partial charge in [0.25, 0.3) is 5.70 Å². The lowest BCUT2D eigenvalue weighted by Gasteiger charge is -2.17. The van der Waals surface area contributed by atoms with E-state index < -0.39 is 4.92 Å². The predicted octanol–water partition coefficient (Wildman–Crippen LogP) is 2.41. The third-order valence-corrected chi connectivity index (χ3v) is 4.39. The Kier molecular flexibility index (Phi) is 2.95. The summed E-state index contributed by atoms with van der Waals surface area (Å²) >= 11 is 9.17. The quantitative estimate of drug-likeness (QED) is 0.257. The molecular weight excluding hydrogens is 353 g/mol. The molecule has 80 valence electrons. The van der Waals surface area contributed by atoms with Crippen LogP contribution in [0.5, 0.6) is 0 Å². The average molecular weight is 358 g/mol. The van der Waals surface area contributed by atoms with E-state index in [-0.39, 0.29) is 9.62 Å². The zero-order chi connectivity index (χ0) is 11.2. The number of nitro groups is 1. The number of rotatable bonds is 1. The number of alkyl halides is 1. The molecule has 1 atom stereocenters. The molecule has 8 heteroatoms. The summed E-state index contributed by atoms with van der Waals surface area (Å²) in [6.45, 7) is 1.65. The number of hydrogen-bond donors (Lipinski definition) is 1. The van der Waals surface area contributed by atoms with Gasteiger partial charge in [0.2, 0.25) is 0 Å². The summed E-state index contributed by atoms with van der Waals surface area (Å²) in [7, 11) is 0. The van der Waals surface area contributed by atoms with Crippen LogP contribution in [0.25, 0.3) is 0 Å². The van der Waals surface area contributed by atoms with E-state index in [4.69, 9.17) is 11.6 Å². The molecule has 2 rings (SSSR count). The van der Waals surface area contributed by atoms with Crippen LogP contribution >= 0.6 is 46.3 Å². The van der Waals surface area contributed by atoms with Crippen molar-refractivity contribution in [1.82, 2.24) is 4.72 Å². The predicted molar refractivity (Wildman–Crippen MR) is 68.5 cm³/mol. The van der Waals surface area contributed by atoms with Crippen molar-refractivity contribution in [3.05, 3.63) is 32.1 Å². The second-order valence-corrected chi connectivity index (χ2v) is 5.18. The highest BCUT2D eigenvalue weighted by Gasteiger charge is 2.40. The molecule has 1 N–H and O–H groups in total. The van der Waals surface area contributed by atoms with Gasteiger partial charge in [-0.25, -0.2) is 0 Å². The van der Waals surface area contributed by atoms with Crippen molar-refractivity contribution >= 4 is 52.0 Å². The van der Waals surface area contributed by atoms with Crippen LogP contribution < -0.4 is 4.72 Å². The maximum atomic E-state index is 10.9. The van der Waals surface area contributed by atoms with E-state index in [2.05, 4.69) is 9.12 Å². The van der Waals surface area contributed by atoms with Gasteiger partial charge in [-0.15, -0.1) is 0 Å². The highest BCUT2D eigenvalue weighted by Crippen LogP contribution is 2.38. The highest BCUT2D eigenvalue weighted by molar-refractivity contribution is 14.1. The molecular formula is C7H5ClIN3O2S. The van der Waals surface area contributed by atoms with Gasteiger partial charge in [-0.3, -0.25) is 10.1 Å². The van der Waals surface area contributed by atoms with E-state index in [1.807, 2.05) is 22.6 Å². The summed E-state index contributed by atoms with van der Waals surface area (Å²) in [5.74, 6) is 0. The molecule has 0 amide bonds. The van der Waals surface area contributed by atoms with Crippen molar-refractivity contribution in [2.75, 3.05) is 0 Å². The molecule has 0 bridgehead atoms. The molecule has 1 heterocycles. The summed E-state index contributed by atoms with van der Waals surface area (Å²) in [6, 6.07) is 0. The number of nitrogens with one attached hydrogen (secondary N) is 1. The SMILES string of the molecule is CC1=C([N+](=O)[O-])C(I)C2=NSNC2=C1Cl. The summed E-state index contributed by atoms with van der Waals surface area (Å²) in [5, 5.41) is 11.3. The molecule has 0 fully saturated rings. The van der Waals surface area contributed by atoms with Gasteiger partial charge in [-0.1, -0.05) is 34.2 Å². The monoisotopic (exact) mass is 357 g/mol. The first-order chi connectivity index (χ1) is 7.04. The van der Waals surface area contributed by atoms with Gasteiger partial charge in [0.15, 0.2) is 0 Å². The number of fused-ring (bicyclic) bond motifs is 1. The summed E-state index contributed by atoms with van der Waals surface area (Å²) in [4.78, 5) is 10.5. The van der Waals surface area contributed by atoms with Crippen LogP contribution in [0.3, 0.4) is 0 Å². The van der Waals surface area contributed by atoms with Crippen molar-refractivity contribution in [1.29, 1.82) is 0 Å². The molecule has 0 aromatic heterocycles. The smallest absolute Gasteiger partial charge is 0.269 e. The Balaban J connectivity index is 2.61. The largest absolute Gasteiger partial charge is 0.307 e. The Morgan fingerprint density at radius 2 is 2.40 bits per heavy atom. The fourth-order valence-electron chi connectivity index (χ4n) is 1.39. The van der Waals surface area contributed by atoms with Crippen molar-refractivity contribution in [2.45, 2.75) is 10.8 Å². The molecule has 5 nitrogen and oxygen atoms in total. The van der Waals surface area contributed by atoms with E-state index >= 15 is 0 Å². The summed E-state index contributed by atoms with van der Waals surface area (Å²) in [5.41, 5.74) is 1.96. The van der Waals surface area contributed by atoms with Gasteiger partial charge in [-0.05, 0) is 6.92 Å². The Labute approximate surface area is 109 Å². The molecule has 2 aliphatic rings. The molecule has 0 saturated heterocycles. The molecule has 0 aromatic rings. The molecule has 0 saturated carbocycles. The minimum atomic E-state index is -0.392. The Morgan fingerprint density at radius 1 is 1.73 bits per heavy atom. The first kappa shape index (κ1) is 11.2. The van der Waals surface area contributed by atoms with E-state index in [1.54, 1.807) is 6.92 Å². The minimum Gasteiger partial charge on any atom is -0.307 e. The van der Waals surface area contributed by atoms with Gasteiger partial charge < -0.3 is 4.72 Å². The van der Waals surface area contributed by atoms with Crippen molar-refractivity contribution in [2.24, 2.45) is 4.40 Å². The van der Waals surface area contributed by atoms with E-state index in [0.29, 0.717) is 22.0 Å². The third kappa shape index (κ3) is 1.66. The Morgan fingerprint density at radius 3 is 3.00 bits per heavy atom. The summed E-state index contributed by atoms with van der Waals surface area (Å²) < 4.78 is 6.67. The minimum absolute atomic E-state index is 0.118. The van der Waals surface area contributed by atoms with Gasteiger partial charge in [0.05, 0.1) is 33.5 Å². The van der Waals surface area contributed by atoms with Gasteiger partial charge in [-0.2, -0.15) is 4.40 Å². The van der Waals surface area contributed by atoms with Gasteiger partial charge in [0, 0.05) is 5.57 Å².